The fourth-order valence-corrected chi connectivity index (χ4v) is 4.53. The van der Waals surface area contributed by atoms with Crippen molar-refractivity contribution in [2.75, 3.05) is 0 Å². The van der Waals surface area contributed by atoms with E-state index in [1.807, 2.05) is 58.0 Å². The van der Waals surface area contributed by atoms with E-state index >= 15 is 0 Å². The van der Waals surface area contributed by atoms with Gasteiger partial charge in [0.1, 0.15) is 16.0 Å². The summed E-state index contributed by atoms with van der Waals surface area (Å²) < 4.78 is 2.45. The molecule has 0 N–H and O–H groups in total. The topological polar surface area (TPSA) is 52.0 Å². The van der Waals surface area contributed by atoms with Crippen LogP contribution in [0.3, 0.4) is 0 Å². The molecule has 5 heteroatoms. The summed E-state index contributed by atoms with van der Waals surface area (Å²) in [5.74, 6) is 0.708. The number of aryl methyl sites for hydroxylation is 2. The third-order valence-corrected chi connectivity index (χ3v) is 5.69. The third-order valence-electron chi connectivity index (χ3n) is 4.62. The lowest BCUT2D eigenvalue weighted by atomic mass is 10.1. The Balaban J connectivity index is 2.21. The van der Waals surface area contributed by atoms with Crippen molar-refractivity contribution in [2.45, 2.75) is 33.6 Å². The molecule has 136 valence electrons. The maximum absolute atomic E-state index is 13.5. The van der Waals surface area contributed by atoms with E-state index in [1.54, 1.807) is 10.6 Å². The van der Waals surface area contributed by atoms with Gasteiger partial charge in [-0.2, -0.15) is 0 Å². The largest absolute Gasteiger partial charge is 0.288 e. The standard InChI is InChI=1S/C22H20N2O2S/c1-12(2)20-23-21-18(19(25)16-7-5-6-8-17(16)27-21)22(26)24(20)15-10-13(3)9-14(4)11-15/h5-12H,1-4H3. The van der Waals surface area contributed by atoms with Gasteiger partial charge in [-0.25, -0.2) is 4.98 Å². The van der Waals surface area contributed by atoms with Crippen molar-refractivity contribution in [2.24, 2.45) is 0 Å². The number of hydrogen-bond donors (Lipinski definition) is 0. The molecule has 0 atom stereocenters. The van der Waals surface area contributed by atoms with E-state index < -0.39 is 0 Å². The van der Waals surface area contributed by atoms with Crippen LogP contribution in [-0.2, 0) is 0 Å². The number of benzene rings is 2. The Morgan fingerprint density at radius 2 is 1.67 bits per heavy atom. The second-order valence-corrected chi connectivity index (χ2v) is 8.25. The molecule has 0 amide bonds. The summed E-state index contributed by atoms with van der Waals surface area (Å²) in [7, 11) is 0. The Labute approximate surface area is 160 Å². The van der Waals surface area contributed by atoms with E-state index in [4.69, 9.17) is 4.98 Å². The van der Waals surface area contributed by atoms with Crippen LogP contribution >= 0.6 is 11.3 Å². The summed E-state index contributed by atoms with van der Waals surface area (Å²) >= 11 is 1.40. The number of rotatable bonds is 2. The van der Waals surface area contributed by atoms with Crippen molar-refractivity contribution in [3.05, 3.63) is 80.0 Å². The van der Waals surface area contributed by atoms with Gasteiger partial charge in [0.2, 0.25) is 5.43 Å². The maximum Gasteiger partial charge on any atom is 0.270 e. The summed E-state index contributed by atoms with van der Waals surface area (Å²) in [6.45, 7) is 8.02. The summed E-state index contributed by atoms with van der Waals surface area (Å²) in [5.41, 5.74) is 2.35. The molecule has 0 radical (unpaired) electrons. The molecule has 0 unspecified atom stereocenters. The molecule has 0 aliphatic rings. The fraction of sp³-hybridized carbons (Fsp3) is 0.227. The quantitative estimate of drug-likeness (QED) is 0.477. The molecule has 2 aromatic carbocycles. The highest BCUT2D eigenvalue weighted by atomic mass is 32.1. The van der Waals surface area contributed by atoms with Gasteiger partial charge >= 0.3 is 0 Å². The predicted molar refractivity (Wildman–Crippen MR) is 113 cm³/mol. The van der Waals surface area contributed by atoms with Gasteiger partial charge in [0.15, 0.2) is 0 Å². The van der Waals surface area contributed by atoms with Crippen LogP contribution in [0.4, 0.5) is 0 Å². The van der Waals surface area contributed by atoms with E-state index in [-0.39, 0.29) is 22.3 Å². The van der Waals surface area contributed by atoms with Gasteiger partial charge < -0.3 is 0 Å². The first kappa shape index (κ1) is 17.6. The predicted octanol–water partition coefficient (Wildman–Crippen LogP) is 4.70. The van der Waals surface area contributed by atoms with Gasteiger partial charge in [0, 0.05) is 16.0 Å². The summed E-state index contributed by atoms with van der Waals surface area (Å²) in [6.07, 6.45) is 0. The van der Waals surface area contributed by atoms with Crippen molar-refractivity contribution in [3.8, 4) is 5.69 Å². The van der Waals surface area contributed by atoms with Crippen LogP contribution in [0.1, 0.15) is 36.7 Å². The zero-order valence-electron chi connectivity index (χ0n) is 15.7. The first-order valence-corrected chi connectivity index (χ1v) is 9.75. The number of nitrogens with zero attached hydrogens (tertiary/aromatic N) is 2. The molecular formula is C22H20N2O2S. The van der Waals surface area contributed by atoms with Crippen LogP contribution in [0.5, 0.6) is 0 Å². The Kier molecular flexibility index (Phi) is 4.19. The SMILES string of the molecule is Cc1cc(C)cc(-n2c(C(C)C)nc3sc4ccccc4c(=O)c3c2=O)c1. The first-order chi connectivity index (χ1) is 12.9. The third kappa shape index (κ3) is 2.88. The molecule has 0 aliphatic carbocycles. The van der Waals surface area contributed by atoms with Crippen LogP contribution < -0.4 is 11.0 Å². The van der Waals surface area contributed by atoms with E-state index in [9.17, 15) is 9.59 Å². The summed E-state index contributed by atoms with van der Waals surface area (Å²) in [6, 6.07) is 13.4. The minimum absolute atomic E-state index is 0.0386. The van der Waals surface area contributed by atoms with Crippen molar-refractivity contribution < 1.29 is 0 Å². The monoisotopic (exact) mass is 376 g/mol. The summed E-state index contributed by atoms with van der Waals surface area (Å²) in [5, 5.41) is 0.737. The summed E-state index contributed by atoms with van der Waals surface area (Å²) in [4.78, 5) is 31.8. The molecule has 2 heterocycles. The molecule has 0 spiro atoms. The Morgan fingerprint density at radius 1 is 1.00 bits per heavy atom. The zero-order chi connectivity index (χ0) is 19.3. The zero-order valence-corrected chi connectivity index (χ0v) is 16.6. The maximum atomic E-state index is 13.5. The second kappa shape index (κ2) is 6.43. The van der Waals surface area contributed by atoms with Crippen molar-refractivity contribution in [1.29, 1.82) is 0 Å². The minimum Gasteiger partial charge on any atom is -0.288 e. The van der Waals surface area contributed by atoms with Crippen LogP contribution in [0.25, 0.3) is 26.0 Å². The van der Waals surface area contributed by atoms with E-state index in [2.05, 4.69) is 6.07 Å². The average molecular weight is 376 g/mol. The van der Waals surface area contributed by atoms with Crippen LogP contribution in [0.2, 0.25) is 0 Å². The van der Waals surface area contributed by atoms with Gasteiger partial charge in [-0.1, -0.05) is 32.0 Å². The molecule has 0 aliphatic heterocycles. The highest BCUT2D eigenvalue weighted by molar-refractivity contribution is 7.24. The number of hydrogen-bond acceptors (Lipinski definition) is 4. The Morgan fingerprint density at radius 3 is 2.33 bits per heavy atom. The van der Waals surface area contributed by atoms with Gasteiger partial charge in [0.05, 0.1) is 5.69 Å². The van der Waals surface area contributed by atoms with Gasteiger partial charge in [-0.15, -0.1) is 11.3 Å². The Hall–Kier alpha value is -2.79. The van der Waals surface area contributed by atoms with Crippen LogP contribution in [0.15, 0.2) is 52.1 Å². The lowest BCUT2D eigenvalue weighted by molar-refractivity contribution is 0.723. The molecule has 27 heavy (non-hydrogen) atoms. The lowest BCUT2D eigenvalue weighted by Crippen LogP contribution is -2.28. The number of fused-ring (bicyclic) bond motifs is 2. The van der Waals surface area contributed by atoms with Gasteiger partial charge in [-0.05, 0) is 49.2 Å². The van der Waals surface area contributed by atoms with E-state index in [0.29, 0.717) is 16.0 Å². The van der Waals surface area contributed by atoms with E-state index in [0.717, 1.165) is 21.5 Å². The molecule has 0 saturated carbocycles. The van der Waals surface area contributed by atoms with Gasteiger partial charge in [0.25, 0.3) is 5.56 Å². The molecule has 4 aromatic rings. The average Bonchev–Trinajstić information content (AvgIpc) is 2.60. The van der Waals surface area contributed by atoms with Crippen molar-refractivity contribution >= 4 is 31.6 Å². The molecular weight excluding hydrogens is 356 g/mol. The van der Waals surface area contributed by atoms with Gasteiger partial charge in [-0.3, -0.25) is 14.2 Å². The minimum atomic E-state index is -0.291. The molecule has 0 bridgehead atoms. The van der Waals surface area contributed by atoms with Crippen LogP contribution in [0, 0.1) is 13.8 Å². The lowest BCUT2D eigenvalue weighted by Gasteiger charge is -2.17. The fourth-order valence-electron chi connectivity index (χ4n) is 3.48. The second-order valence-electron chi connectivity index (χ2n) is 7.22. The molecule has 4 rings (SSSR count). The normalized spacial score (nSPS) is 11.6. The van der Waals surface area contributed by atoms with Crippen LogP contribution in [-0.4, -0.2) is 9.55 Å². The Bertz CT molecular complexity index is 1300. The highest BCUT2D eigenvalue weighted by Gasteiger charge is 2.19. The van der Waals surface area contributed by atoms with E-state index in [1.165, 1.54) is 11.3 Å². The van der Waals surface area contributed by atoms with Crippen molar-refractivity contribution in [3.63, 3.8) is 0 Å². The first-order valence-electron chi connectivity index (χ1n) is 8.94. The molecule has 0 fully saturated rings. The molecule has 4 nitrogen and oxygen atoms in total. The molecule has 2 aromatic heterocycles. The van der Waals surface area contributed by atoms with Crippen molar-refractivity contribution in [1.82, 2.24) is 9.55 Å². The smallest absolute Gasteiger partial charge is 0.270 e. The molecule has 0 saturated heterocycles. The number of aromatic nitrogens is 2. The highest BCUT2D eigenvalue weighted by Crippen LogP contribution is 2.25.